The summed E-state index contributed by atoms with van der Waals surface area (Å²) < 4.78 is 12.4. The Bertz CT molecular complexity index is 751. The number of phenolic OH excluding ortho intramolecular Hbond substituents is 1. The van der Waals surface area contributed by atoms with Crippen molar-refractivity contribution in [2.24, 2.45) is 0 Å². The number of anilines is 1. The third kappa shape index (κ3) is 6.21. The van der Waals surface area contributed by atoms with E-state index in [4.69, 9.17) is 9.47 Å². The number of hydrogen-bond donors (Lipinski definition) is 3. The Labute approximate surface area is 174 Å². The second-order valence-electron chi connectivity index (χ2n) is 5.65. The molecule has 3 N–H and O–H groups in total. The number of carbonyl (C=O) groups is 1. The van der Waals surface area contributed by atoms with Gasteiger partial charge in [-0.3, -0.25) is 5.32 Å². The Kier molecular flexibility index (Phi) is 8.56. The van der Waals surface area contributed by atoms with Crippen molar-refractivity contribution in [3.63, 3.8) is 0 Å². The van der Waals surface area contributed by atoms with E-state index in [0.29, 0.717) is 26.8 Å². The summed E-state index contributed by atoms with van der Waals surface area (Å²) in [5, 5.41) is 22.5. The predicted molar refractivity (Wildman–Crippen MR) is 110 cm³/mol. The van der Waals surface area contributed by atoms with Gasteiger partial charge in [-0.15, -0.1) is 0 Å². The second-order valence-corrected chi connectivity index (χ2v) is 7.42. The van der Waals surface area contributed by atoms with E-state index in [0.717, 1.165) is 0 Å². The molecule has 0 bridgehead atoms. The highest BCUT2D eigenvalue weighted by Crippen LogP contribution is 2.39. The van der Waals surface area contributed by atoms with E-state index in [-0.39, 0.29) is 18.8 Å². The van der Waals surface area contributed by atoms with Gasteiger partial charge >= 0.3 is 6.09 Å². The lowest BCUT2D eigenvalue weighted by atomic mass is 10.0. The maximum atomic E-state index is 12.4. The molecule has 27 heavy (non-hydrogen) atoms. The topological polar surface area (TPSA) is 88.0 Å². The molecule has 0 aliphatic carbocycles. The maximum absolute atomic E-state index is 12.4. The molecule has 146 valence electrons. The first-order valence-corrected chi connectivity index (χ1v) is 9.97. The first-order valence-electron chi connectivity index (χ1n) is 8.39. The Morgan fingerprint density at radius 1 is 1.22 bits per heavy atom. The molecule has 0 aliphatic heterocycles. The summed E-state index contributed by atoms with van der Waals surface area (Å²) in [5.74, 6) is -0.0571. The monoisotopic (exact) mass is 501 g/mol. The number of nitrogens with one attached hydrogen (secondary N) is 1. The summed E-state index contributed by atoms with van der Waals surface area (Å²) in [7, 11) is 0. The number of halogens is 2. The van der Waals surface area contributed by atoms with Crippen molar-refractivity contribution in [1.82, 2.24) is 0 Å². The van der Waals surface area contributed by atoms with E-state index < -0.39 is 18.3 Å². The minimum absolute atomic E-state index is 0.0571. The van der Waals surface area contributed by atoms with Crippen LogP contribution in [0.2, 0.25) is 0 Å². The first kappa shape index (κ1) is 21.7. The Morgan fingerprint density at radius 2 is 1.93 bits per heavy atom. The molecule has 0 heterocycles. The Balaban J connectivity index is 2.33. The minimum atomic E-state index is -0.922. The Hall–Kier alpha value is -1.61. The predicted octanol–water partition coefficient (Wildman–Crippen LogP) is 4.99. The largest absolute Gasteiger partial charge is 0.506 e. The van der Waals surface area contributed by atoms with Gasteiger partial charge in [-0.25, -0.2) is 4.79 Å². The highest BCUT2D eigenvalue weighted by Gasteiger charge is 2.31. The SMILES string of the molecule is CCO[C@H](CCO)[C@H](OC(=O)Nc1ccccc1)c1cc(Br)cc(Br)c1O. The van der Waals surface area contributed by atoms with E-state index in [1.54, 1.807) is 36.4 Å². The molecule has 0 radical (unpaired) electrons. The molecule has 0 spiro atoms. The van der Waals surface area contributed by atoms with Crippen molar-refractivity contribution in [3.8, 4) is 5.75 Å². The summed E-state index contributed by atoms with van der Waals surface area (Å²) in [5.41, 5.74) is 0.947. The number of phenols is 1. The van der Waals surface area contributed by atoms with Crippen molar-refractivity contribution in [2.45, 2.75) is 25.6 Å². The molecule has 0 aromatic heterocycles. The lowest BCUT2D eigenvalue weighted by Gasteiger charge is -2.28. The maximum Gasteiger partial charge on any atom is 0.412 e. The second kappa shape index (κ2) is 10.7. The van der Waals surface area contributed by atoms with Crippen molar-refractivity contribution in [1.29, 1.82) is 0 Å². The van der Waals surface area contributed by atoms with Crippen LogP contribution >= 0.6 is 31.9 Å². The molecule has 0 aliphatic rings. The average molecular weight is 503 g/mol. The number of amides is 1. The van der Waals surface area contributed by atoms with Crippen molar-refractivity contribution in [2.75, 3.05) is 18.5 Å². The molecule has 8 heteroatoms. The highest BCUT2D eigenvalue weighted by atomic mass is 79.9. The molecular weight excluding hydrogens is 482 g/mol. The molecule has 2 rings (SSSR count). The van der Waals surface area contributed by atoms with Crippen LogP contribution in [-0.2, 0) is 9.47 Å². The fourth-order valence-electron chi connectivity index (χ4n) is 2.59. The third-order valence-electron chi connectivity index (χ3n) is 3.75. The number of benzene rings is 2. The van der Waals surface area contributed by atoms with Gasteiger partial charge in [0.05, 0.1) is 4.47 Å². The van der Waals surface area contributed by atoms with Gasteiger partial charge in [-0.1, -0.05) is 34.1 Å². The fourth-order valence-corrected chi connectivity index (χ4v) is 3.85. The molecule has 2 aromatic rings. The third-order valence-corrected chi connectivity index (χ3v) is 4.81. The van der Waals surface area contributed by atoms with Crippen LogP contribution in [0.3, 0.4) is 0 Å². The summed E-state index contributed by atoms with van der Waals surface area (Å²) in [6, 6.07) is 12.2. The summed E-state index contributed by atoms with van der Waals surface area (Å²) in [6.45, 7) is 2.02. The van der Waals surface area contributed by atoms with Gasteiger partial charge < -0.3 is 19.7 Å². The van der Waals surface area contributed by atoms with Gasteiger partial charge in [0.15, 0.2) is 6.10 Å². The highest BCUT2D eigenvalue weighted by molar-refractivity contribution is 9.11. The number of aromatic hydroxyl groups is 1. The van der Waals surface area contributed by atoms with E-state index in [9.17, 15) is 15.0 Å². The number of aliphatic hydroxyl groups excluding tert-OH is 1. The number of aliphatic hydroxyl groups is 1. The molecule has 0 saturated heterocycles. The van der Waals surface area contributed by atoms with Gasteiger partial charge in [-0.2, -0.15) is 0 Å². The normalized spacial score (nSPS) is 13.0. The summed E-state index contributed by atoms with van der Waals surface area (Å²) >= 11 is 6.66. The van der Waals surface area contributed by atoms with Gasteiger partial charge in [0.25, 0.3) is 0 Å². The zero-order valence-electron chi connectivity index (χ0n) is 14.7. The number of ether oxygens (including phenoxy) is 2. The number of carbonyl (C=O) groups excluding carboxylic acids is 1. The quantitative estimate of drug-likeness (QED) is 0.473. The Morgan fingerprint density at radius 3 is 2.56 bits per heavy atom. The van der Waals surface area contributed by atoms with Crippen LogP contribution in [0.1, 0.15) is 25.0 Å². The average Bonchev–Trinajstić information content (AvgIpc) is 2.63. The lowest BCUT2D eigenvalue weighted by molar-refractivity contribution is -0.0491. The molecule has 1 amide bonds. The lowest BCUT2D eigenvalue weighted by Crippen LogP contribution is -2.30. The zero-order valence-corrected chi connectivity index (χ0v) is 17.9. The number of para-hydroxylation sites is 1. The summed E-state index contributed by atoms with van der Waals surface area (Å²) in [6.07, 6.45) is -2.01. The molecular formula is C19H21Br2NO5. The molecule has 6 nitrogen and oxygen atoms in total. The number of hydrogen-bond acceptors (Lipinski definition) is 5. The molecule has 2 atom stereocenters. The van der Waals surface area contributed by atoms with Crippen molar-refractivity contribution in [3.05, 3.63) is 57.0 Å². The van der Waals surface area contributed by atoms with Crippen LogP contribution in [-0.4, -0.2) is 35.6 Å². The van der Waals surface area contributed by atoms with Gasteiger partial charge in [-0.05, 0) is 47.1 Å². The van der Waals surface area contributed by atoms with E-state index in [1.807, 2.05) is 13.0 Å². The van der Waals surface area contributed by atoms with E-state index >= 15 is 0 Å². The van der Waals surface area contributed by atoms with Gasteiger partial charge in [0.1, 0.15) is 11.9 Å². The molecule has 2 aromatic carbocycles. The molecule has 0 saturated carbocycles. The van der Waals surface area contributed by atoms with E-state index in [2.05, 4.69) is 37.2 Å². The minimum Gasteiger partial charge on any atom is -0.506 e. The van der Waals surface area contributed by atoms with Crippen LogP contribution in [0.15, 0.2) is 51.4 Å². The van der Waals surface area contributed by atoms with Crippen LogP contribution in [0.4, 0.5) is 10.5 Å². The van der Waals surface area contributed by atoms with Crippen molar-refractivity contribution >= 4 is 43.6 Å². The van der Waals surface area contributed by atoms with Crippen LogP contribution in [0.5, 0.6) is 5.75 Å². The van der Waals surface area contributed by atoms with E-state index in [1.165, 1.54) is 0 Å². The van der Waals surface area contributed by atoms with Gasteiger partial charge in [0.2, 0.25) is 0 Å². The molecule has 0 unspecified atom stereocenters. The first-order chi connectivity index (χ1) is 13.0. The fraction of sp³-hybridized carbons (Fsp3) is 0.316. The van der Waals surface area contributed by atoms with Crippen LogP contribution < -0.4 is 5.32 Å². The zero-order chi connectivity index (χ0) is 19.8. The molecule has 0 fully saturated rings. The smallest absolute Gasteiger partial charge is 0.412 e. The van der Waals surface area contributed by atoms with Crippen LogP contribution in [0, 0.1) is 0 Å². The van der Waals surface area contributed by atoms with Crippen LogP contribution in [0.25, 0.3) is 0 Å². The standard InChI is InChI=1S/C19H21Br2NO5/c1-2-26-16(8-9-23)18(14-10-12(20)11-15(21)17(14)24)27-19(25)22-13-6-4-3-5-7-13/h3-7,10-11,16,18,23-24H,2,8-9H2,1H3,(H,22,25)/t16-,18-/m1/s1. The van der Waals surface area contributed by atoms with Gasteiger partial charge in [0, 0.05) is 35.4 Å². The van der Waals surface area contributed by atoms with Crippen molar-refractivity contribution < 1.29 is 24.5 Å². The number of rotatable bonds is 8. The summed E-state index contributed by atoms with van der Waals surface area (Å²) in [4.78, 5) is 12.4.